The second-order valence-electron chi connectivity index (χ2n) is 6.79. The molecular formula is C23H20N2O4. The van der Waals surface area contributed by atoms with E-state index < -0.39 is 12.0 Å². The zero-order chi connectivity index (χ0) is 20.2. The molecule has 3 aromatic rings. The minimum atomic E-state index is -0.615. The molecule has 0 saturated heterocycles. The van der Waals surface area contributed by atoms with Crippen molar-refractivity contribution in [3.63, 3.8) is 0 Å². The van der Waals surface area contributed by atoms with Gasteiger partial charge in [0.05, 0.1) is 6.61 Å². The molecule has 0 aromatic heterocycles. The van der Waals surface area contributed by atoms with Crippen molar-refractivity contribution in [2.45, 2.75) is 12.3 Å². The number of hydroxylamine groups is 1. The Hall–Kier alpha value is -3.64. The summed E-state index contributed by atoms with van der Waals surface area (Å²) in [7, 11) is 0. The normalized spacial score (nSPS) is 12.0. The highest BCUT2D eigenvalue weighted by Crippen LogP contribution is 2.45. The zero-order valence-corrected chi connectivity index (χ0v) is 15.6. The maximum atomic E-state index is 12.1. The van der Waals surface area contributed by atoms with Crippen LogP contribution in [0.4, 0.5) is 10.5 Å². The fourth-order valence-electron chi connectivity index (χ4n) is 3.76. The van der Waals surface area contributed by atoms with Crippen molar-refractivity contribution in [1.82, 2.24) is 5.48 Å². The Morgan fingerprint density at radius 2 is 1.45 bits per heavy atom. The molecule has 0 radical (unpaired) electrons. The van der Waals surface area contributed by atoms with E-state index >= 15 is 0 Å². The number of carbonyl (C=O) groups excluding carboxylic acids is 2. The van der Waals surface area contributed by atoms with E-state index in [9.17, 15) is 9.59 Å². The van der Waals surface area contributed by atoms with Crippen LogP contribution in [0.2, 0.25) is 0 Å². The van der Waals surface area contributed by atoms with Crippen LogP contribution in [0.25, 0.3) is 11.1 Å². The summed E-state index contributed by atoms with van der Waals surface area (Å²) in [6.45, 7) is 0.282. The number of rotatable bonds is 5. The number of carbonyl (C=O) groups is 2. The maximum absolute atomic E-state index is 12.1. The van der Waals surface area contributed by atoms with Gasteiger partial charge in [0.1, 0.15) is 0 Å². The summed E-state index contributed by atoms with van der Waals surface area (Å²) in [6.07, 6.45) is 0.140. The van der Waals surface area contributed by atoms with Crippen molar-refractivity contribution in [3.05, 3.63) is 89.5 Å². The van der Waals surface area contributed by atoms with Gasteiger partial charge >= 0.3 is 6.09 Å². The van der Waals surface area contributed by atoms with Crippen molar-refractivity contribution >= 4 is 17.7 Å². The fourth-order valence-corrected chi connectivity index (χ4v) is 3.76. The highest BCUT2D eigenvalue weighted by atomic mass is 16.5. The highest BCUT2D eigenvalue weighted by molar-refractivity contribution is 5.94. The van der Waals surface area contributed by atoms with Gasteiger partial charge in [-0.25, -0.2) is 10.3 Å². The van der Waals surface area contributed by atoms with Crippen LogP contribution in [0.3, 0.4) is 0 Å². The SMILES string of the molecule is O=C(Nc1ccc(C(=O)NO)cc1)OCCC1c2ccccc2-c2ccccc21. The first-order valence-corrected chi connectivity index (χ1v) is 9.34. The van der Waals surface area contributed by atoms with Gasteiger partial charge in [0.15, 0.2) is 0 Å². The topological polar surface area (TPSA) is 87.7 Å². The third-order valence-electron chi connectivity index (χ3n) is 5.10. The maximum Gasteiger partial charge on any atom is 0.411 e. The van der Waals surface area contributed by atoms with Gasteiger partial charge in [-0.15, -0.1) is 0 Å². The molecule has 1 aliphatic carbocycles. The van der Waals surface area contributed by atoms with Gasteiger partial charge in [-0.05, 0) is 52.9 Å². The lowest BCUT2D eigenvalue weighted by Gasteiger charge is -2.14. The monoisotopic (exact) mass is 388 g/mol. The number of nitrogens with one attached hydrogen (secondary N) is 2. The minimum absolute atomic E-state index is 0.200. The Morgan fingerprint density at radius 1 is 0.862 bits per heavy atom. The van der Waals surface area contributed by atoms with E-state index in [1.807, 2.05) is 24.3 Å². The van der Waals surface area contributed by atoms with Crippen LogP contribution in [-0.4, -0.2) is 23.8 Å². The number of benzene rings is 3. The van der Waals surface area contributed by atoms with Crippen LogP contribution in [-0.2, 0) is 4.74 Å². The molecule has 0 spiro atoms. The molecule has 146 valence electrons. The third-order valence-corrected chi connectivity index (χ3v) is 5.10. The quantitative estimate of drug-likeness (QED) is 0.442. The third kappa shape index (κ3) is 3.83. The fraction of sp³-hybridized carbons (Fsp3) is 0.130. The first-order valence-electron chi connectivity index (χ1n) is 9.34. The number of hydrogen-bond acceptors (Lipinski definition) is 4. The molecular weight excluding hydrogens is 368 g/mol. The molecule has 6 nitrogen and oxygen atoms in total. The molecule has 0 bridgehead atoms. The van der Waals surface area contributed by atoms with E-state index in [0.29, 0.717) is 12.1 Å². The summed E-state index contributed by atoms with van der Waals surface area (Å²) in [6, 6.07) is 22.8. The molecule has 0 aliphatic heterocycles. The Labute approximate surface area is 168 Å². The number of anilines is 1. The van der Waals surface area contributed by atoms with E-state index in [4.69, 9.17) is 9.94 Å². The van der Waals surface area contributed by atoms with Gasteiger partial charge in [-0.3, -0.25) is 15.3 Å². The second kappa shape index (κ2) is 8.16. The van der Waals surface area contributed by atoms with Gasteiger partial charge in [0.2, 0.25) is 0 Å². The van der Waals surface area contributed by atoms with Gasteiger partial charge in [-0.1, -0.05) is 48.5 Å². The average molecular weight is 388 g/mol. The van der Waals surface area contributed by atoms with Crippen molar-refractivity contribution in [2.24, 2.45) is 0 Å². The Bertz CT molecular complexity index is 1000. The second-order valence-corrected chi connectivity index (χ2v) is 6.79. The summed E-state index contributed by atoms with van der Waals surface area (Å²) >= 11 is 0. The molecule has 3 aromatic carbocycles. The molecule has 0 atom stereocenters. The van der Waals surface area contributed by atoms with E-state index in [-0.39, 0.29) is 18.1 Å². The molecule has 4 rings (SSSR count). The smallest absolute Gasteiger partial charge is 0.411 e. The van der Waals surface area contributed by atoms with Crippen LogP contribution in [0, 0.1) is 0 Å². The van der Waals surface area contributed by atoms with E-state index in [1.54, 1.807) is 17.6 Å². The summed E-state index contributed by atoms with van der Waals surface area (Å²) in [5.41, 5.74) is 7.34. The van der Waals surface area contributed by atoms with Crippen LogP contribution in [0.5, 0.6) is 0 Å². The lowest BCUT2D eigenvalue weighted by atomic mass is 9.94. The Kier molecular flexibility index (Phi) is 5.27. The predicted octanol–water partition coefficient (Wildman–Crippen LogP) is 4.56. The van der Waals surface area contributed by atoms with Crippen LogP contribution >= 0.6 is 0 Å². The number of fused-ring (bicyclic) bond motifs is 3. The summed E-state index contributed by atoms with van der Waals surface area (Å²) in [5, 5.41) is 11.3. The summed E-state index contributed by atoms with van der Waals surface area (Å²) in [5.74, 6) is -0.414. The lowest BCUT2D eigenvalue weighted by molar-refractivity contribution is 0.0706. The molecule has 0 unspecified atom stereocenters. The predicted molar refractivity (Wildman–Crippen MR) is 109 cm³/mol. The van der Waals surface area contributed by atoms with Crippen molar-refractivity contribution in [1.29, 1.82) is 0 Å². The number of hydrogen-bond donors (Lipinski definition) is 3. The molecule has 1 aliphatic rings. The van der Waals surface area contributed by atoms with Crippen LogP contribution in [0.15, 0.2) is 72.8 Å². The Morgan fingerprint density at radius 3 is 2.03 bits per heavy atom. The molecule has 0 fully saturated rings. The van der Waals surface area contributed by atoms with E-state index in [2.05, 4.69) is 29.6 Å². The van der Waals surface area contributed by atoms with Crippen molar-refractivity contribution < 1.29 is 19.5 Å². The lowest BCUT2D eigenvalue weighted by Crippen LogP contribution is -2.19. The minimum Gasteiger partial charge on any atom is -0.449 e. The van der Waals surface area contributed by atoms with Gasteiger partial charge in [-0.2, -0.15) is 0 Å². The van der Waals surface area contributed by atoms with Crippen LogP contribution in [0.1, 0.15) is 33.8 Å². The summed E-state index contributed by atoms with van der Waals surface area (Å²) < 4.78 is 5.37. The van der Waals surface area contributed by atoms with Crippen LogP contribution < -0.4 is 10.8 Å². The van der Waals surface area contributed by atoms with Gasteiger partial charge < -0.3 is 4.74 Å². The number of amides is 2. The average Bonchev–Trinajstić information content (AvgIpc) is 3.08. The molecule has 29 heavy (non-hydrogen) atoms. The van der Waals surface area contributed by atoms with E-state index in [1.165, 1.54) is 34.4 Å². The van der Waals surface area contributed by atoms with Crippen molar-refractivity contribution in [2.75, 3.05) is 11.9 Å². The molecule has 2 amide bonds. The Balaban J connectivity index is 1.36. The standard InChI is InChI=1S/C23H20N2O4/c26-22(25-28)15-9-11-16(12-10-15)24-23(27)29-14-13-21-19-7-3-1-5-17(19)18-6-2-4-8-20(18)21/h1-12,21,28H,13-14H2,(H,24,27)(H,25,26). The molecule has 0 saturated carbocycles. The largest absolute Gasteiger partial charge is 0.449 e. The van der Waals surface area contributed by atoms with Crippen molar-refractivity contribution in [3.8, 4) is 11.1 Å². The molecule has 3 N–H and O–H groups in total. The summed E-state index contributed by atoms with van der Waals surface area (Å²) in [4.78, 5) is 23.4. The zero-order valence-electron chi connectivity index (χ0n) is 15.6. The molecule has 6 heteroatoms. The first kappa shape index (κ1) is 18.7. The van der Waals surface area contributed by atoms with E-state index in [0.717, 1.165) is 0 Å². The highest BCUT2D eigenvalue weighted by Gasteiger charge is 2.27. The first-order chi connectivity index (χ1) is 14.2. The molecule has 0 heterocycles. The van der Waals surface area contributed by atoms with Gasteiger partial charge in [0.25, 0.3) is 5.91 Å². The van der Waals surface area contributed by atoms with Gasteiger partial charge in [0, 0.05) is 17.2 Å². The number of ether oxygens (including phenoxy) is 1.